The molecule has 1 rings (SSSR count). The maximum Gasteiger partial charge on any atom is 0.0599 e. The average Bonchev–Trinajstić information content (AvgIpc) is 2.32. The maximum atomic E-state index is 8.70. The van der Waals surface area contributed by atoms with Crippen molar-refractivity contribution < 1.29 is 14.9 Å². The third kappa shape index (κ3) is 5.80. The topological polar surface area (TPSA) is 52.9 Å². The fraction of sp³-hybridized carbons (Fsp3) is 1.00. The summed E-state index contributed by atoms with van der Waals surface area (Å²) in [5, 5.41) is 17.3. The number of unbranched alkanes of at least 4 members (excludes halogenated alkanes) is 1. The van der Waals surface area contributed by atoms with E-state index in [0.29, 0.717) is 19.3 Å². The van der Waals surface area contributed by atoms with Crippen LogP contribution in [-0.4, -0.2) is 60.7 Å². The zero-order valence-electron chi connectivity index (χ0n) is 10.1. The van der Waals surface area contributed by atoms with E-state index in [1.54, 1.807) is 0 Å². The molecule has 0 unspecified atom stereocenters. The van der Waals surface area contributed by atoms with E-state index in [4.69, 9.17) is 14.9 Å². The molecule has 0 aliphatic carbocycles. The van der Waals surface area contributed by atoms with Gasteiger partial charge in [-0.3, -0.25) is 0 Å². The summed E-state index contributed by atoms with van der Waals surface area (Å²) in [6, 6.07) is 0. The predicted octanol–water partition coefficient (Wildman–Crippen LogP) is 0.622. The number of hydrogen-bond acceptors (Lipinski definition) is 4. The smallest absolute Gasteiger partial charge is 0.0599 e. The summed E-state index contributed by atoms with van der Waals surface area (Å²) in [5.74, 6) is 0. The highest BCUT2D eigenvalue weighted by molar-refractivity contribution is 4.72. The summed E-state index contributed by atoms with van der Waals surface area (Å²) in [6.07, 6.45) is 5.34. The number of ether oxygens (including phenoxy) is 1. The Balaban J connectivity index is 2.00. The molecule has 1 aliphatic heterocycles. The molecule has 0 bridgehead atoms. The third-order valence-electron chi connectivity index (χ3n) is 3.07. The summed E-state index contributed by atoms with van der Waals surface area (Å²) in [6.45, 7) is 4.53. The molecule has 2 N–H and O–H groups in total. The Morgan fingerprint density at radius 1 is 1.00 bits per heavy atom. The van der Waals surface area contributed by atoms with E-state index in [-0.39, 0.29) is 6.61 Å². The molecular formula is C12H25NO3. The Morgan fingerprint density at radius 2 is 1.69 bits per heavy atom. The molecule has 96 valence electrons. The van der Waals surface area contributed by atoms with Crippen LogP contribution in [0.15, 0.2) is 0 Å². The second-order valence-corrected chi connectivity index (χ2v) is 4.42. The number of likely N-dealkylation sites (tertiary alicyclic amines) is 1. The van der Waals surface area contributed by atoms with E-state index < -0.39 is 0 Å². The van der Waals surface area contributed by atoms with Crippen LogP contribution in [0.2, 0.25) is 0 Å². The summed E-state index contributed by atoms with van der Waals surface area (Å²) in [4.78, 5) is 2.45. The van der Waals surface area contributed by atoms with E-state index >= 15 is 0 Å². The summed E-state index contributed by atoms with van der Waals surface area (Å²) >= 11 is 0. The lowest BCUT2D eigenvalue weighted by Gasteiger charge is -2.31. The Bertz CT molecular complexity index is 140. The van der Waals surface area contributed by atoms with Crippen molar-refractivity contribution in [3.63, 3.8) is 0 Å². The minimum Gasteiger partial charge on any atom is -0.396 e. The van der Waals surface area contributed by atoms with Crippen LogP contribution in [-0.2, 0) is 4.74 Å². The van der Waals surface area contributed by atoms with Crippen LogP contribution in [0.25, 0.3) is 0 Å². The van der Waals surface area contributed by atoms with Gasteiger partial charge in [0.15, 0.2) is 0 Å². The van der Waals surface area contributed by atoms with Crippen LogP contribution in [0.1, 0.15) is 32.1 Å². The van der Waals surface area contributed by atoms with Gasteiger partial charge >= 0.3 is 0 Å². The third-order valence-corrected chi connectivity index (χ3v) is 3.07. The van der Waals surface area contributed by atoms with Crippen LogP contribution in [0, 0.1) is 0 Å². The molecule has 0 radical (unpaired) electrons. The van der Waals surface area contributed by atoms with Crippen molar-refractivity contribution in [3.05, 3.63) is 0 Å². The van der Waals surface area contributed by atoms with E-state index in [1.807, 2.05) is 0 Å². The maximum absolute atomic E-state index is 8.70. The van der Waals surface area contributed by atoms with Gasteiger partial charge in [0.2, 0.25) is 0 Å². The van der Waals surface area contributed by atoms with Gasteiger partial charge in [-0.15, -0.1) is 0 Å². The van der Waals surface area contributed by atoms with Crippen molar-refractivity contribution in [1.82, 2.24) is 4.90 Å². The average molecular weight is 231 g/mol. The zero-order valence-corrected chi connectivity index (χ0v) is 10.1. The van der Waals surface area contributed by atoms with Crippen molar-refractivity contribution in [2.24, 2.45) is 0 Å². The first kappa shape index (κ1) is 13.9. The molecule has 0 aromatic rings. The molecule has 1 fully saturated rings. The van der Waals surface area contributed by atoms with E-state index in [9.17, 15) is 0 Å². The molecule has 0 amide bonds. The normalized spacial score (nSPS) is 19.1. The highest BCUT2D eigenvalue weighted by Gasteiger charge is 2.18. The van der Waals surface area contributed by atoms with Crippen LogP contribution in [0.5, 0.6) is 0 Å². The van der Waals surface area contributed by atoms with Gasteiger partial charge in [0, 0.05) is 32.9 Å². The lowest BCUT2D eigenvalue weighted by atomic mass is 10.1. The molecule has 0 atom stereocenters. The van der Waals surface area contributed by atoms with Crippen molar-refractivity contribution in [2.75, 3.05) is 39.5 Å². The molecule has 1 saturated heterocycles. The monoisotopic (exact) mass is 231 g/mol. The van der Waals surface area contributed by atoms with E-state index in [2.05, 4.69) is 4.90 Å². The minimum atomic E-state index is 0.222. The molecule has 1 aliphatic rings. The van der Waals surface area contributed by atoms with Gasteiger partial charge in [-0.05, 0) is 38.6 Å². The van der Waals surface area contributed by atoms with Crippen LogP contribution in [0.3, 0.4) is 0 Å². The fourth-order valence-electron chi connectivity index (χ4n) is 2.06. The molecule has 4 nitrogen and oxygen atoms in total. The first-order chi connectivity index (χ1) is 7.86. The number of nitrogens with zero attached hydrogens (tertiary/aromatic N) is 1. The van der Waals surface area contributed by atoms with Crippen molar-refractivity contribution in [2.45, 2.75) is 38.2 Å². The highest BCUT2D eigenvalue weighted by atomic mass is 16.5. The Morgan fingerprint density at radius 3 is 2.31 bits per heavy atom. The van der Waals surface area contributed by atoms with Gasteiger partial charge in [0.05, 0.1) is 6.10 Å². The SMILES string of the molecule is OCCCCN1CCC(OCCCO)CC1. The molecule has 4 heteroatoms. The Hall–Kier alpha value is -0.160. The number of hydrogen-bond donors (Lipinski definition) is 2. The second-order valence-electron chi connectivity index (χ2n) is 4.42. The van der Waals surface area contributed by atoms with E-state index in [0.717, 1.165) is 51.7 Å². The molecule has 0 aromatic carbocycles. The van der Waals surface area contributed by atoms with Crippen LogP contribution >= 0.6 is 0 Å². The molecule has 16 heavy (non-hydrogen) atoms. The molecule has 1 heterocycles. The standard InChI is InChI=1S/C12H25NO3/c14-9-2-1-6-13-7-4-12(5-8-13)16-11-3-10-15/h12,14-15H,1-11H2. The first-order valence-corrected chi connectivity index (χ1v) is 6.42. The molecule has 0 saturated carbocycles. The minimum absolute atomic E-state index is 0.222. The largest absolute Gasteiger partial charge is 0.396 e. The lowest BCUT2D eigenvalue weighted by molar-refractivity contribution is 0.00192. The van der Waals surface area contributed by atoms with Gasteiger partial charge in [0.25, 0.3) is 0 Å². The number of aliphatic hydroxyl groups excluding tert-OH is 2. The Kier molecular flexibility index (Phi) is 7.76. The number of piperidine rings is 1. The van der Waals surface area contributed by atoms with Gasteiger partial charge in [-0.1, -0.05) is 0 Å². The van der Waals surface area contributed by atoms with Crippen molar-refractivity contribution >= 4 is 0 Å². The van der Waals surface area contributed by atoms with Crippen LogP contribution in [0.4, 0.5) is 0 Å². The van der Waals surface area contributed by atoms with E-state index in [1.165, 1.54) is 0 Å². The van der Waals surface area contributed by atoms with Crippen molar-refractivity contribution in [3.8, 4) is 0 Å². The number of aliphatic hydroxyl groups is 2. The summed E-state index contributed by atoms with van der Waals surface area (Å²) in [7, 11) is 0. The fourth-order valence-corrected chi connectivity index (χ4v) is 2.06. The summed E-state index contributed by atoms with van der Waals surface area (Å²) < 4.78 is 5.67. The quantitative estimate of drug-likeness (QED) is 0.601. The summed E-state index contributed by atoms with van der Waals surface area (Å²) in [5.41, 5.74) is 0. The highest BCUT2D eigenvalue weighted by Crippen LogP contribution is 2.14. The van der Waals surface area contributed by atoms with Gasteiger partial charge < -0.3 is 19.8 Å². The molecular weight excluding hydrogens is 206 g/mol. The van der Waals surface area contributed by atoms with Gasteiger partial charge in [0.1, 0.15) is 0 Å². The van der Waals surface area contributed by atoms with Crippen LogP contribution < -0.4 is 0 Å². The number of rotatable bonds is 8. The predicted molar refractivity (Wildman–Crippen MR) is 63.4 cm³/mol. The molecule has 0 aromatic heterocycles. The van der Waals surface area contributed by atoms with Crippen molar-refractivity contribution in [1.29, 1.82) is 0 Å². The zero-order chi connectivity index (χ0) is 11.6. The second kappa shape index (κ2) is 8.93. The van der Waals surface area contributed by atoms with Gasteiger partial charge in [-0.2, -0.15) is 0 Å². The molecule has 0 spiro atoms. The Labute approximate surface area is 98.2 Å². The first-order valence-electron chi connectivity index (χ1n) is 6.42. The lowest BCUT2D eigenvalue weighted by Crippen LogP contribution is -2.37. The van der Waals surface area contributed by atoms with Gasteiger partial charge in [-0.25, -0.2) is 0 Å².